The van der Waals surface area contributed by atoms with Crippen LogP contribution in [0.5, 0.6) is 17.2 Å². The van der Waals surface area contributed by atoms with Crippen molar-refractivity contribution in [2.45, 2.75) is 26.0 Å². The molecule has 10 nitrogen and oxygen atoms in total. The molecule has 0 bridgehead atoms. The second-order valence-electron chi connectivity index (χ2n) is 9.09. The Labute approximate surface area is 220 Å². The first-order valence-electron chi connectivity index (χ1n) is 12.4. The molecular formula is C28H29N5O5. The van der Waals surface area contributed by atoms with E-state index in [1.165, 1.54) is 22.8 Å². The van der Waals surface area contributed by atoms with E-state index in [-0.39, 0.29) is 18.0 Å². The summed E-state index contributed by atoms with van der Waals surface area (Å²) >= 11 is 0. The largest absolute Gasteiger partial charge is 0.493 e. The van der Waals surface area contributed by atoms with E-state index in [4.69, 9.17) is 14.2 Å². The Morgan fingerprint density at radius 3 is 2.45 bits per heavy atom. The molecule has 1 aromatic heterocycles. The molecule has 0 spiro atoms. The lowest BCUT2D eigenvalue weighted by Crippen LogP contribution is -2.32. The van der Waals surface area contributed by atoms with E-state index < -0.39 is 4.92 Å². The highest BCUT2D eigenvalue weighted by Gasteiger charge is 2.19. The van der Waals surface area contributed by atoms with Crippen LogP contribution in [0, 0.1) is 10.1 Å². The quantitative estimate of drug-likeness (QED) is 0.226. The van der Waals surface area contributed by atoms with Crippen molar-refractivity contribution in [1.29, 1.82) is 0 Å². The molecule has 2 heterocycles. The van der Waals surface area contributed by atoms with Gasteiger partial charge < -0.3 is 14.2 Å². The number of nitro benzene ring substituents is 1. The lowest BCUT2D eigenvalue weighted by molar-refractivity contribution is -0.385. The number of nitro groups is 1. The van der Waals surface area contributed by atoms with E-state index in [0.717, 1.165) is 49.7 Å². The van der Waals surface area contributed by atoms with Crippen LogP contribution < -0.4 is 14.2 Å². The van der Waals surface area contributed by atoms with E-state index in [0.29, 0.717) is 5.69 Å². The molecule has 1 aliphatic heterocycles. The number of ether oxygens (including phenoxy) is 3. The van der Waals surface area contributed by atoms with E-state index in [1.807, 2.05) is 12.1 Å². The molecular weight excluding hydrogens is 486 g/mol. The summed E-state index contributed by atoms with van der Waals surface area (Å²) in [5.41, 5.74) is 5.23. The second kappa shape index (κ2) is 11.3. The predicted octanol–water partition coefficient (Wildman–Crippen LogP) is 4.37. The summed E-state index contributed by atoms with van der Waals surface area (Å²) in [4.78, 5) is 13.2. The van der Waals surface area contributed by atoms with Crippen LogP contribution in [-0.2, 0) is 26.0 Å². The number of hydrogen-bond acceptors (Lipinski definition) is 8. The van der Waals surface area contributed by atoms with Gasteiger partial charge in [-0.1, -0.05) is 29.5 Å². The fourth-order valence-corrected chi connectivity index (χ4v) is 4.61. The summed E-state index contributed by atoms with van der Waals surface area (Å²) in [7, 11) is 3.34. The Hall–Kier alpha value is -4.44. The highest BCUT2D eigenvalue weighted by Crippen LogP contribution is 2.33. The van der Waals surface area contributed by atoms with Crippen molar-refractivity contribution in [3.05, 3.63) is 99.4 Å². The van der Waals surface area contributed by atoms with Crippen LogP contribution in [0.25, 0.3) is 5.69 Å². The molecule has 0 saturated heterocycles. The minimum absolute atomic E-state index is 0.0794. The molecule has 0 N–H and O–H groups in total. The monoisotopic (exact) mass is 515 g/mol. The number of benzene rings is 3. The zero-order valence-corrected chi connectivity index (χ0v) is 21.4. The number of aromatic nitrogens is 3. The van der Waals surface area contributed by atoms with Crippen LogP contribution >= 0.6 is 0 Å². The molecule has 10 heteroatoms. The molecule has 5 rings (SSSR count). The first-order chi connectivity index (χ1) is 18.5. The van der Waals surface area contributed by atoms with Gasteiger partial charge in [-0.3, -0.25) is 15.0 Å². The van der Waals surface area contributed by atoms with Gasteiger partial charge in [-0.05, 0) is 59.9 Å². The van der Waals surface area contributed by atoms with Crippen molar-refractivity contribution in [3.8, 4) is 22.9 Å². The standard InChI is InChI=1S/C28H29N5O5/c1-36-27-15-21-12-14-31(17-22(21)16-28(27)37-2)13-11-20-7-9-24(10-8-20)32-18-23(29-30-32)19-38-26-6-4-3-5-25(26)33(34)35/h3-10,15-16,18H,11-14,17,19H2,1-2H3. The first-order valence-corrected chi connectivity index (χ1v) is 12.4. The second-order valence-corrected chi connectivity index (χ2v) is 9.09. The van der Waals surface area contributed by atoms with E-state index >= 15 is 0 Å². The molecule has 0 radical (unpaired) electrons. The Balaban J connectivity index is 1.16. The Morgan fingerprint density at radius 2 is 1.71 bits per heavy atom. The number of rotatable bonds is 10. The van der Waals surface area contributed by atoms with Crippen molar-refractivity contribution in [2.24, 2.45) is 0 Å². The van der Waals surface area contributed by atoms with Gasteiger partial charge in [0.25, 0.3) is 0 Å². The molecule has 0 atom stereocenters. The van der Waals surface area contributed by atoms with Crippen LogP contribution in [0.3, 0.4) is 0 Å². The highest BCUT2D eigenvalue weighted by molar-refractivity contribution is 5.48. The average molecular weight is 516 g/mol. The van der Waals surface area contributed by atoms with Crippen molar-refractivity contribution in [3.63, 3.8) is 0 Å². The lowest BCUT2D eigenvalue weighted by atomic mass is 9.98. The number of methoxy groups -OCH3 is 2. The summed E-state index contributed by atoms with van der Waals surface area (Å²) < 4.78 is 18.2. The topological polar surface area (TPSA) is 105 Å². The van der Waals surface area contributed by atoms with Crippen LogP contribution in [0.2, 0.25) is 0 Å². The molecule has 3 aromatic carbocycles. The molecule has 0 saturated carbocycles. The van der Waals surface area contributed by atoms with Crippen LogP contribution in [0.15, 0.2) is 66.9 Å². The maximum atomic E-state index is 11.2. The Morgan fingerprint density at radius 1 is 0.974 bits per heavy atom. The van der Waals surface area contributed by atoms with Gasteiger partial charge >= 0.3 is 5.69 Å². The molecule has 0 fully saturated rings. The summed E-state index contributed by atoms with van der Waals surface area (Å²) in [6.45, 7) is 2.95. The molecule has 196 valence electrons. The van der Waals surface area contributed by atoms with E-state index in [9.17, 15) is 10.1 Å². The maximum Gasteiger partial charge on any atom is 0.310 e. The fraction of sp³-hybridized carbons (Fsp3) is 0.286. The van der Waals surface area contributed by atoms with Gasteiger partial charge in [0.1, 0.15) is 12.3 Å². The van der Waals surface area contributed by atoms with Crippen molar-refractivity contribution >= 4 is 5.69 Å². The zero-order chi connectivity index (χ0) is 26.5. The Kier molecular flexibility index (Phi) is 7.50. The van der Waals surface area contributed by atoms with Gasteiger partial charge in [0.2, 0.25) is 0 Å². The number of nitrogens with zero attached hydrogens (tertiary/aromatic N) is 5. The summed E-state index contributed by atoms with van der Waals surface area (Å²) in [5, 5.41) is 19.5. The van der Waals surface area contributed by atoms with Crippen LogP contribution in [-0.4, -0.2) is 52.1 Å². The molecule has 1 aliphatic rings. The van der Waals surface area contributed by atoms with E-state index in [2.05, 4.69) is 39.5 Å². The normalized spacial score (nSPS) is 13.1. The number of fused-ring (bicyclic) bond motifs is 1. The minimum atomic E-state index is -0.466. The van der Waals surface area contributed by atoms with Gasteiger partial charge in [0.05, 0.1) is 31.0 Å². The SMILES string of the molecule is COc1cc2c(cc1OC)CN(CCc1ccc(-n3cc(COc4ccccc4[N+](=O)[O-])nn3)cc1)CC2. The maximum absolute atomic E-state index is 11.2. The Bertz CT molecular complexity index is 1420. The molecule has 0 aliphatic carbocycles. The number of hydrogen-bond donors (Lipinski definition) is 0. The zero-order valence-electron chi connectivity index (χ0n) is 21.4. The molecule has 0 unspecified atom stereocenters. The average Bonchev–Trinajstić information content (AvgIpc) is 3.43. The third-order valence-electron chi connectivity index (χ3n) is 6.69. The fourth-order valence-electron chi connectivity index (χ4n) is 4.61. The van der Waals surface area contributed by atoms with Gasteiger partial charge in [0.15, 0.2) is 17.2 Å². The lowest BCUT2D eigenvalue weighted by Gasteiger charge is -2.29. The van der Waals surface area contributed by atoms with Crippen LogP contribution in [0.4, 0.5) is 5.69 Å². The molecule has 38 heavy (non-hydrogen) atoms. The highest BCUT2D eigenvalue weighted by atomic mass is 16.6. The minimum Gasteiger partial charge on any atom is -0.493 e. The van der Waals surface area contributed by atoms with Crippen molar-refractivity contribution < 1.29 is 19.1 Å². The predicted molar refractivity (Wildman–Crippen MR) is 141 cm³/mol. The van der Waals surface area contributed by atoms with Crippen molar-refractivity contribution in [1.82, 2.24) is 19.9 Å². The van der Waals surface area contributed by atoms with Gasteiger partial charge in [-0.25, -0.2) is 4.68 Å². The summed E-state index contributed by atoms with van der Waals surface area (Å²) in [5.74, 6) is 1.76. The van der Waals surface area contributed by atoms with Gasteiger partial charge in [0, 0.05) is 25.7 Å². The van der Waals surface area contributed by atoms with Crippen molar-refractivity contribution in [2.75, 3.05) is 27.3 Å². The summed E-state index contributed by atoms with van der Waals surface area (Å²) in [6.07, 6.45) is 3.69. The van der Waals surface area contributed by atoms with Crippen LogP contribution in [0.1, 0.15) is 22.4 Å². The van der Waals surface area contributed by atoms with E-state index in [1.54, 1.807) is 43.3 Å². The molecule has 4 aromatic rings. The molecule has 0 amide bonds. The van der Waals surface area contributed by atoms with Gasteiger partial charge in [-0.2, -0.15) is 0 Å². The third-order valence-corrected chi connectivity index (χ3v) is 6.69. The smallest absolute Gasteiger partial charge is 0.310 e. The number of para-hydroxylation sites is 2. The van der Waals surface area contributed by atoms with Gasteiger partial charge in [-0.15, -0.1) is 5.10 Å². The third kappa shape index (κ3) is 5.60. The summed E-state index contributed by atoms with van der Waals surface area (Å²) in [6, 6.07) is 18.7. The first kappa shape index (κ1) is 25.2.